The van der Waals surface area contributed by atoms with E-state index >= 15 is 0 Å². The van der Waals surface area contributed by atoms with Crippen molar-refractivity contribution < 1.29 is 9.15 Å². The molecular formula is C17H30IN3O2. The Morgan fingerprint density at radius 1 is 1.52 bits per heavy atom. The summed E-state index contributed by atoms with van der Waals surface area (Å²) < 4.78 is 10.8. The molecule has 0 bridgehead atoms. The number of hydrogen-bond donors (Lipinski definition) is 1. The minimum atomic E-state index is 0. The SMILES string of the molecule is CCNC(=NCCCOCc1ccco1)N1CCCC(C)C1.I. The Morgan fingerprint density at radius 3 is 3.09 bits per heavy atom. The van der Waals surface area contributed by atoms with E-state index in [2.05, 4.69) is 24.1 Å². The normalized spacial score (nSPS) is 18.6. The third-order valence-corrected chi connectivity index (χ3v) is 3.82. The molecule has 1 aliphatic rings. The highest BCUT2D eigenvalue weighted by Gasteiger charge is 2.18. The molecule has 5 nitrogen and oxygen atoms in total. The van der Waals surface area contributed by atoms with Crippen LogP contribution in [0.1, 0.15) is 38.9 Å². The zero-order chi connectivity index (χ0) is 15.6. The van der Waals surface area contributed by atoms with Crippen molar-refractivity contribution in [2.24, 2.45) is 10.9 Å². The van der Waals surface area contributed by atoms with Gasteiger partial charge in [0.05, 0.1) is 6.26 Å². The standard InChI is InChI=1S/C17H29N3O2.HI/c1-3-18-17(20-10-4-7-15(2)13-20)19-9-6-11-21-14-16-8-5-12-22-16;/h5,8,12,15H,3-4,6-7,9-11,13-14H2,1-2H3,(H,18,19);1H. The topological polar surface area (TPSA) is 50.0 Å². The lowest BCUT2D eigenvalue weighted by Crippen LogP contribution is -2.46. The Bertz CT molecular complexity index is 437. The summed E-state index contributed by atoms with van der Waals surface area (Å²) in [6, 6.07) is 3.81. The molecule has 0 spiro atoms. The molecule has 6 heteroatoms. The van der Waals surface area contributed by atoms with Crippen LogP contribution in [0.25, 0.3) is 0 Å². The Hall–Kier alpha value is -0.760. The van der Waals surface area contributed by atoms with Gasteiger partial charge in [0.2, 0.25) is 0 Å². The van der Waals surface area contributed by atoms with Gasteiger partial charge in [-0.25, -0.2) is 0 Å². The fourth-order valence-electron chi connectivity index (χ4n) is 2.73. The molecule has 1 unspecified atom stereocenters. The maximum Gasteiger partial charge on any atom is 0.193 e. The predicted octanol–water partition coefficient (Wildman–Crippen LogP) is 3.50. The molecule has 1 fully saturated rings. The van der Waals surface area contributed by atoms with Gasteiger partial charge in [0.25, 0.3) is 0 Å². The van der Waals surface area contributed by atoms with Gasteiger partial charge in [0, 0.05) is 32.8 Å². The third-order valence-electron chi connectivity index (χ3n) is 3.82. The molecule has 2 rings (SSSR count). The number of likely N-dealkylation sites (tertiary alicyclic amines) is 1. The lowest BCUT2D eigenvalue weighted by atomic mass is 10.0. The van der Waals surface area contributed by atoms with Crippen molar-refractivity contribution >= 4 is 29.9 Å². The first-order valence-corrected chi connectivity index (χ1v) is 8.43. The van der Waals surface area contributed by atoms with Gasteiger partial charge in [0.1, 0.15) is 12.4 Å². The van der Waals surface area contributed by atoms with E-state index in [9.17, 15) is 0 Å². The van der Waals surface area contributed by atoms with Gasteiger partial charge < -0.3 is 19.4 Å². The number of ether oxygens (including phenoxy) is 1. The minimum absolute atomic E-state index is 0. The van der Waals surface area contributed by atoms with Crippen LogP contribution in [0.4, 0.5) is 0 Å². The van der Waals surface area contributed by atoms with Crippen LogP contribution >= 0.6 is 24.0 Å². The van der Waals surface area contributed by atoms with Gasteiger partial charge in [-0.05, 0) is 44.2 Å². The zero-order valence-corrected chi connectivity index (χ0v) is 16.6. The Balaban J connectivity index is 0.00000264. The van der Waals surface area contributed by atoms with Crippen molar-refractivity contribution in [2.45, 2.75) is 39.7 Å². The quantitative estimate of drug-likeness (QED) is 0.308. The van der Waals surface area contributed by atoms with Crippen LogP contribution in [0.5, 0.6) is 0 Å². The zero-order valence-electron chi connectivity index (χ0n) is 14.3. The molecule has 1 aromatic rings. The molecule has 0 radical (unpaired) electrons. The smallest absolute Gasteiger partial charge is 0.193 e. The van der Waals surface area contributed by atoms with Crippen LogP contribution in [-0.4, -0.2) is 43.6 Å². The molecule has 1 aliphatic heterocycles. The van der Waals surface area contributed by atoms with Crippen molar-refractivity contribution in [3.05, 3.63) is 24.2 Å². The number of halogens is 1. The van der Waals surface area contributed by atoms with Crippen LogP contribution in [0.2, 0.25) is 0 Å². The number of rotatable bonds is 7. The van der Waals surface area contributed by atoms with E-state index in [1.54, 1.807) is 6.26 Å². The highest BCUT2D eigenvalue weighted by Crippen LogP contribution is 2.15. The van der Waals surface area contributed by atoms with E-state index in [1.807, 2.05) is 12.1 Å². The fourth-order valence-corrected chi connectivity index (χ4v) is 2.73. The molecular weight excluding hydrogens is 405 g/mol. The summed E-state index contributed by atoms with van der Waals surface area (Å²) >= 11 is 0. The summed E-state index contributed by atoms with van der Waals surface area (Å²) in [5, 5.41) is 3.41. The van der Waals surface area contributed by atoms with Gasteiger partial charge in [-0.15, -0.1) is 24.0 Å². The molecule has 2 heterocycles. The predicted molar refractivity (Wildman–Crippen MR) is 104 cm³/mol. The lowest BCUT2D eigenvalue weighted by molar-refractivity contribution is 0.105. The highest BCUT2D eigenvalue weighted by molar-refractivity contribution is 14.0. The molecule has 0 amide bonds. The largest absolute Gasteiger partial charge is 0.467 e. The molecule has 0 aromatic carbocycles. The van der Waals surface area contributed by atoms with Gasteiger partial charge in [0.15, 0.2) is 5.96 Å². The Labute approximate surface area is 156 Å². The minimum Gasteiger partial charge on any atom is -0.467 e. The first-order valence-electron chi connectivity index (χ1n) is 8.43. The second-order valence-electron chi connectivity index (χ2n) is 5.91. The van der Waals surface area contributed by atoms with Crippen molar-refractivity contribution in [3.63, 3.8) is 0 Å². The number of nitrogens with zero attached hydrogens (tertiary/aromatic N) is 2. The first-order chi connectivity index (χ1) is 10.8. The Morgan fingerprint density at radius 2 is 2.39 bits per heavy atom. The number of piperidine rings is 1. The highest BCUT2D eigenvalue weighted by atomic mass is 127. The number of hydrogen-bond acceptors (Lipinski definition) is 3. The monoisotopic (exact) mass is 435 g/mol. The molecule has 1 aromatic heterocycles. The maximum atomic E-state index is 5.59. The average Bonchev–Trinajstić information content (AvgIpc) is 3.03. The van der Waals surface area contributed by atoms with E-state index in [-0.39, 0.29) is 24.0 Å². The van der Waals surface area contributed by atoms with E-state index in [4.69, 9.17) is 14.1 Å². The second kappa shape index (κ2) is 11.7. The van der Waals surface area contributed by atoms with Gasteiger partial charge in [-0.1, -0.05) is 6.92 Å². The van der Waals surface area contributed by atoms with Crippen molar-refractivity contribution in [1.29, 1.82) is 0 Å². The molecule has 0 saturated carbocycles. The fraction of sp³-hybridized carbons (Fsp3) is 0.706. The lowest BCUT2D eigenvalue weighted by Gasteiger charge is -2.33. The van der Waals surface area contributed by atoms with E-state index in [0.29, 0.717) is 13.2 Å². The summed E-state index contributed by atoms with van der Waals surface area (Å²) in [4.78, 5) is 7.12. The second-order valence-corrected chi connectivity index (χ2v) is 5.91. The number of furan rings is 1. The molecule has 0 aliphatic carbocycles. The van der Waals surface area contributed by atoms with Crippen LogP contribution in [0.3, 0.4) is 0 Å². The van der Waals surface area contributed by atoms with Crippen LogP contribution in [0, 0.1) is 5.92 Å². The van der Waals surface area contributed by atoms with E-state index in [1.165, 1.54) is 12.8 Å². The molecule has 132 valence electrons. The number of guanidine groups is 1. The average molecular weight is 435 g/mol. The van der Waals surface area contributed by atoms with Crippen LogP contribution in [-0.2, 0) is 11.3 Å². The third kappa shape index (κ3) is 7.56. The first kappa shape index (κ1) is 20.3. The summed E-state index contributed by atoms with van der Waals surface area (Å²) in [7, 11) is 0. The van der Waals surface area contributed by atoms with E-state index < -0.39 is 0 Å². The van der Waals surface area contributed by atoms with Gasteiger partial charge >= 0.3 is 0 Å². The number of aliphatic imine (C=N–C) groups is 1. The van der Waals surface area contributed by atoms with Crippen LogP contribution in [0.15, 0.2) is 27.8 Å². The van der Waals surface area contributed by atoms with Crippen LogP contribution < -0.4 is 5.32 Å². The molecule has 1 N–H and O–H groups in total. The van der Waals surface area contributed by atoms with Gasteiger partial charge in [-0.3, -0.25) is 4.99 Å². The Kier molecular flexibility index (Phi) is 10.3. The maximum absolute atomic E-state index is 5.59. The van der Waals surface area contributed by atoms with E-state index in [0.717, 1.165) is 50.2 Å². The number of nitrogens with one attached hydrogen (secondary N) is 1. The molecule has 23 heavy (non-hydrogen) atoms. The molecule has 1 saturated heterocycles. The molecule has 1 atom stereocenters. The summed E-state index contributed by atoms with van der Waals surface area (Å²) in [6.45, 7) is 9.63. The van der Waals surface area contributed by atoms with Crippen molar-refractivity contribution in [2.75, 3.05) is 32.8 Å². The summed E-state index contributed by atoms with van der Waals surface area (Å²) in [5.74, 6) is 2.69. The summed E-state index contributed by atoms with van der Waals surface area (Å²) in [6.07, 6.45) is 5.19. The van der Waals surface area contributed by atoms with Gasteiger partial charge in [-0.2, -0.15) is 0 Å². The van der Waals surface area contributed by atoms with Crippen molar-refractivity contribution in [3.8, 4) is 0 Å². The van der Waals surface area contributed by atoms with Crippen molar-refractivity contribution in [1.82, 2.24) is 10.2 Å². The summed E-state index contributed by atoms with van der Waals surface area (Å²) in [5.41, 5.74) is 0.